The maximum absolute atomic E-state index is 8.89. The van der Waals surface area contributed by atoms with Gasteiger partial charge in [-0.25, -0.2) is 0 Å². The Labute approximate surface area is 56.4 Å². The summed E-state index contributed by atoms with van der Waals surface area (Å²) in [6.45, 7) is 0.472. The normalized spacial score (nSPS) is 4.62. The van der Waals surface area contributed by atoms with Gasteiger partial charge in [-0.15, -0.1) is 0 Å². The SMILES string of the molecule is CC(=O)[O-].O=C[O-].[Ni+2]. The number of carboxylic acids is 1. The van der Waals surface area contributed by atoms with Crippen molar-refractivity contribution in [1.29, 1.82) is 0 Å². The molecule has 5 heteroatoms. The van der Waals surface area contributed by atoms with Crippen molar-refractivity contribution in [3.63, 3.8) is 0 Å². The van der Waals surface area contributed by atoms with Crippen LogP contribution < -0.4 is 10.2 Å². The van der Waals surface area contributed by atoms with Crippen molar-refractivity contribution in [2.24, 2.45) is 0 Å². The summed E-state index contributed by atoms with van der Waals surface area (Å²) in [4.78, 5) is 17.1. The fourth-order valence-electron chi connectivity index (χ4n) is 0. The number of carbonyl (C=O) groups is 2. The molecule has 4 nitrogen and oxygen atoms in total. The van der Waals surface area contributed by atoms with E-state index in [0.29, 0.717) is 0 Å². The van der Waals surface area contributed by atoms with Crippen molar-refractivity contribution in [2.75, 3.05) is 0 Å². The van der Waals surface area contributed by atoms with Crippen molar-refractivity contribution in [3.05, 3.63) is 0 Å². The van der Waals surface area contributed by atoms with E-state index in [-0.39, 0.29) is 16.5 Å². The molecule has 0 radical (unpaired) electrons. The smallest absolute Gasteiger partial charge is 0.554 e. The van der Waals surface area contributed by atoms with Crippen molar-refractivity contribution < 1.29 is 36.3 Å². The van der Waals surface area contributed by atoms with Crippen LogP contribution in [0.4, 0.5) is 0 Å². The molecule has 0 rings (SSSR count). The Bertz CT molecular complexity index is 58.3. The zero-order valence-electron chi connectivity index (χ0n) is 4.03. The fourth-order valence-corrected chi connectivity index (χ4v) is 0. The van der Waals surface area contributed by atoms with Crippen molar-refractivity contribution in [1.82, 2.24) is 0 Å². The largest absolute Gasteiger partial charge is 2.00 e. The van der Waals surface area contributed by atoms with Crippen LogP contribution in [0, 0.1) is 0 Å². The third-order valence-electron chi connectivity index (χ3n) is 0. The summed E-state index contributed by atoms with van der Waals surface area (Å²) in [6.07, 6.45) is 0. The zero-order chi connectivity index (χ0) is 6.28. The van der Waals surface area contributed by atoms with Crippen LogP contribution in [0.15, 0.2) is 0 Å². The monoisotopic (exact) mass is 162 g/mol. The average Bonchev–Trinajstić information content (AvgIpc) is 1.33. The standard InChI is InChI=1S/C2H4O2.CH2O2.Ni/c1-2(3)4;2-1-3;/h1H3,(H,3,4);1H,(H,2,3);/q;;+2/p-2. The summed E-state index contributed by atoms with van der Waals surface area (Å²) < 4.78 is 0. The second-order valence-electron chi connectivity index (χ2n) is 0.588. The van der Waals surface area contributed by atoms with Crippen LogP contribution in [0.25, 0.3) is 0 Å². The molecule has 0 aliphatic carbocycles. The van der Waals surface area contributed by atoms with Gasteiger partial charge in [-0.3, -0.25) is 0 Å². The first-order valence-electron chi connectivity index (χ1n) is 1.38. The third kappa shape index (κ3) is 333. The molecule has 0 aromatic rings. The Kier molecular flexibility index (Phi) is 31.5. The van der Waals surface area contributed by atoms with E-state index in [9.17, 15) is 0 Å². The predicted molar refractivity (Wildman–Crippen MR) is 16.7 cm³/mol. The number of aliphatic carboxylic acids is 1. The van der Waals surface area contributed by atoms with Gasteiger partial charge in [-0.1, -0.05) is 0 Å². The maximum Gasteiger partial charge on any atom is 2.00 e. The molecule has 0 heterocycles. The van der Waals surface area contributed by atoms with Gasteiger partial charge in [0.25, 0.3) is 0 Å². The zero-order valence-corrected chi connectivity index (χ0v) is 5.01. The minimum Gasteiger partial charge on any atom is -0.554 e. The first-order valence-corrected chi connectivity index (χ1v) is 1.38. The molecule has 0 N–H and O–H groups in total. The molecule has 0 atom stereocenters. The Morgan fingerprint density at radius 2 is 1.62 bits per heavy atom. The average molecular weight is 163 g/mol. The molecule has 0 saturated carbocycles. The molecule has 8 heavy (non-hydrogen) atoms. The first kappa shape index (κ1) is 15.7. The molecule has 0 saturated heterocycles. The fraction of sp³-hybridized carbons (Fsp3) is 0.333. The molecule has 0 unspecified atom stereocenters. The van der Waals surface area contributed by atoms with Gasteiger partial charge in [0.05, 0.1) is 0 Å². The van der Waals surface area contributed by atoms with E-state index in [1.807, 2.05) is 0 Å². The second kappa shape index (κ2) is 16.1. The van der Waals surface area contributed by atoms with Gasteiger partial charge < -0.3 is 19.8 Å². The number of rotatable bonds is 0. The molecule has 0 bridgehead atoms. The van der Waals surface area contributed by atoms with Crippen molar-refractivity contribution in [2.45, 2.75) is 6.92 Å². The Balaban J connectivity index is -0.0000000575. The Hall–Kier alpha value is -0.566. The van der Waals surface area contributed by atoms with Gasteiger partial charge in [0, 0.05) is 12.4 Å². The van der Waals surface area contributed by atoms with E-state index >= 15 is 0 Å². The molecule has 0 aliphatic heterocycles. The van der Waals surface area contributed by atoms with E-state index in [1.165, 1.54) is 0 Å². The van der Waals surface area contributed by atoms with Gasteiger partial charge in [0.1, 0.15) is 0 Å². The summed E-state index contributed by atoms with van der Waals surface area (Å²) >= 11 is 0. The quantitative estimate of drug-likeness (QED) is 0.283. The molecule has 0 fully saturated rings. The molecule has 50 valence electrons. The van der Waals surface area contributed by atoms with Crippen molar-refractivity contribution >= 4 is 12.4 Å². The van der Waals surface area contributed by atoms with Crippen LogP contribution in [0.2, 0.25) is 0 Å². The summed E-state index contributed by atoms with van der Waals surface area (Å²) in [6, 6.07) is 0. The molecule has 0 spiro atoms. The van der Waals surface area contributed by atoms with Crippen LogP contribution in [0.5, 0.6) is 0 Å². The molecule has 0 amide bonds. The Morgan fingerprint density at radius 1 is 1.62 bits per heavy atom. The van der Waals surface area contributed by atoms with E-state index in [4.69, 9.17) is 19.8 Å². The predicted octanol–water partition coefficient (Wildman–Crippen LogP) is -2.88. The molecular formula is C3H4NiO4. The Morgan fingerprint density at radius 3 is 1.62 bits per heavy atom. The second-order valence-corrected chi connectivity index (χ2v) is 0.588. The molecular weight excluding hydrogens is 159 g/mol. The maximum atomic E-state index is 8.89. The molecule has 0 aliphatic rings. The van der Waals surface area contributed by atoms with Gasteiger partial charge in [0.2, 0.25) is 0 Å². The molecule has 0 aromatic heterocycles. The van der Waals surface area contributed by atoms with Crippen molar-refractivity contribution in [3.8, 4) is 0 Å². The van der Waals surface area contributed by atoms with Crippen LogP contribution in [-0.2, 0) is 26.1 Å². The van der Waals surface area contributed by atoms with Crippen LogP contribution in [0.1, 0.15) is 6.92 Å². The summed E-state index contributed by atoms with van der Waals surface area (Å²) in [5.41, 5.74) is 0. The topological polar surface area (TPSA) is 80.3 Å². The van der Waals surface area contributed by atoms with Crippen LogP contribution >= 0.6 is 0 Å². The van der Waals surface area contributed by atoms with E-state index < -0.39 is 12.4 Å². The third-order valence-corrected chi connectivity index (χ3v) is 0. The minimum absolute atomic E-state index is 0. The minimum atomic E-state index is -1.08. The van der Waals surface area contributed by atoms with E-state index in [0.717, 1.165) is 6.92 Å². The summed E-state index contributed by atoms with van der Waals surface area (Å²) in [5, 5.41) is 17.1. The number of hydrogen-bond donors (Lipinski definition) is 0. The first-order chi connectivity index (χ1) is 3.15. The summed E-state index contributed by atoms with van der Waals surface area (Å²) in [7, 11) is 0. The summed E-state index contributed by atoms with van der Waals surface area (Å²) in [5.74, 6) is -1.08. The number of carboxylic acid groups (broad SMARTS) is 2. The molecule has 0 aromatic carbocycles. The van der Waals surface area contributed by atoms with E-state index in [1.54, 1.807) is 0 Å². The van der Waals surface area contributed by atoms with Gasteiger partial charge >= 0.3 is 16.5 Å². The van der Waals surface area contributed by atoms with Gasteiger partial charge in [-0.05, 0) is 6.92 Å². The van der Waals surface area contributed by atoms with Gasteiger partial charge in [-0.2, -0.15) is 0 Å². The van der Waals surface area contributed by atoms with E-state index in [2.05, 4.69) is 0 Å². The van der Waals surface area contributed by atoms with Crippen LogP contribution in [0.3, 0.4) is 0 Å². The van der Waals surface area contributed by atoms with Gasteiger partial charge in [0.15, 0.2) is 0 Å². The number of carbonyl (C=O) groups excluding carboxylic acids is 2. The van der Waals surface area contributed by atoms with Crippen LogP contribution in [-0.4, -0.2) is 12.4 Å². The number of hydrogen-bond acceptors (Lipinski definition) is 4.